The van der Waals surface area contributed by atoms with E-state index in [0.29, 0.717) is 38.9 Å². The Morgan fingerprint density at radius 1 is 1.11 bits per heavy atom. The Bertz CT molecular complexity index is 231. The molecule has 0 saturated heterocycles. The van der Waals surface area contributed by atoms with E-state index in [1.54, 1.807) is 0 Å². The zero-order chi connectivity index (χ0) is 13.9. The molecule has 0 amide bonds. The van der Waals surface area contributed by atoms with Crippen LogP contribution in [0.4, 0.5) is 0 Å². The highest BCUT2D eigenvalue weighted by molar-refractivity contribution is 6.60. The van der Waals surface area contributed by atoms with E-state index < -0.39 is 14.8 Å². The van der Waals surface area contributed by atoms with Crippen molar-refractivity contribution in [3.63, 3.8) is 0 Å². The molecule has 0 fully saturated rings. The molecule has 0 atom stereocenters. The minimum Gasteiger partial charge on any atom is -0.463 e. The van der Waals surface area contributed by atoms with E-state index in [1.165, 1.54) is 0 Å². The number of ether oxygens (including phenoxy) is 1. The number of esters is 1. The quantitative estimate of drug-likeness (QED) is 0.243. The summed E-state index contributed by atoms with van der Waals surface area (Å²) in [4.78, 5) is 10.9. The first-order chi connectivity index (χ1) is 8.64. The van der Waals surface area contributed by atoms with Crippen LogP contribution in [-0.2, 0) is 22.8 Å². The zero-order valence-corrected chi connectivity index (χ0v) is 12.6. The molecule has 0 heterocycles. The third kappa shape index (κ3) is 9.12. The van der Waals surface area contributed by atoms with Crippen molar-refractivity contribution in [1.29, 1.82) is 0 Å². The van der Waals surface area contributed by atoms with Crippen molar-refractivity contribution >= 4 is 25.7 Å². The maximum Gasteiger partial charge on any atom is 0.501 e. The second kappa shape index (κ2) is 12.6. The molecule has 114 valence electrons. The SMILES string of the molecule is C=CC(=O)OCCC[Si](OCC)(OCC)OCC.[SiH4]. The standard InChI is InChI=1S/C12H24O5Si.H4Si/c1-5-12(13)14-10-9-11-18(15-6-2,16-7-3)17-8-4;/h5H,1,6-11H2,2-4H3;1H4. The highest BCUT2D eigenvalue weighted by Crippen LogP contribution is 2.18. The molecule has 0 aromatic heterocycles. The van der Waals surface area contributed by atoms with Gasteiger partial charge in [-0.15, -0.1) is 0 Å². The summed E-state index contributed by atoms with van der Waals surface area (Å²) in [5.74, 6) is -0.411. The highest BCUT2D eigenvalue weighted by atomic mass is 28.4. The summed E-state index contributed by atoms with van der Waals surface area (Å²) in [5.41, 5.74) is 0. The molecule has 19 heavy (non-hydrogen) atoms. The highest BCUT2D eigenvalue weighted by Gasteiger charge is 2.39. The van der Waals surface area contributed by atoms with Gasteiger partial charge in [-0.05, 0) is 38.2 Å². The van der Waals surface area contributed by atoms with Crippen molar-refractivity contribution in [2.75, 3.05) is 26.4 Å². The first kappa shape index (κ1) is 20.8. The van der Waals surface area contributed by atoms with Gasteiger partial charge >= 0.3 is 14.8 Å². The second-order valence-corrected chi connectivity index (χ2v) is 6.19. The van der Waals surface area contributed by atoms with Crippen LogP contribution < -0.4 is 0 Å². The molecule has 0 aliphatic carbocycles. The molecule has 0 radical (unpaired) electrons. The number of rotatable bonds is 11. The maximum atomic E-state index is 10.9. The van der Waals surface area contributed by atoms with E-state index in [9.17, 15) is 4.79 Å². The number of carbonyl (C=O) groups excluding carboxylic acids is 1. The molecule has 0 aliphatic heterocycles. The zero-order valence-electron chi connectivity index (χ0n) is 11.6. The summed E-state index contributed by atoms with van der Waals surface area (Å²) in [6, 6.07) is 0.646. The van der Waals surface area contributed by atoms with Gasteiger partial charge in [-0.1, -0.05) is 6.58 Å². The van der Waals surface area contributed by atoms with Crippen LogP contribution in [0.5, 0.6) is 0 Å². The van der Waals surface area contributed by atoms with Gasteiger partial charge in [0, 0.05) is 31.9 Å². The topological polar surface area (TPSA) is 54.0 Å². The summed E-state index contributed by atoms with van der Waals surface area (Å²) in [6.07, 6.45) is 1.81. The Kier molecular flexibility index (Phi) is 13.8. The molecule has 7 heteroatoms. The van der Waals surface area contributed by atoms with E-state index in [2.05, 4.69) is 6.58 Å². The fourth-order valence-electron chi connectivity index (χ4n) is 1.52. The summed E-state index contributed by atoms with van der Waals surface area (Å²) >= 11 is 0. The van der Waals surface area contributed by atoms with Crippen molar-refractivity contribution in [2.45, 2.75) is 33.2 Å². The lowest BCUT2D eigenvalue weighted by atomic mass is 10.5. The van der Waals surface area contributed by atoms with Crippen LogP contribution >= 0.6 is 0 Å². The molecule has 5 nitrogen and oxygen atoms in total. The lowest BCUT2D eigenvalue weighted by Crippen LogP contribution is -2.46. The number of hydrogen-bond donors (Lipinski definition) is 0. The Balaban J connectivity index is 0. The average Bonchev–Trinajstić information content (AvgIpc) is 2.35. The van der Waals surface area contributed by atoms with E-state index in [0.717, 1.165) is 6.08 Å². The number of carbonyl (C=O) groups is 1. The van der Waals surface area contributed by atoms with Crippen molar-refractivity contribution in [2.24, 2.45) is 0 Å². The van der Waals surface area contributed by atoms with Gasteiger partial charge in [-0.2, -0.15) is 0 Å². The third-order valence-electron chi connectivity index (χ3n) is 2.13. The monoisotopic (exact) mass is 308 g/mol. The Hall–Kier alpha value is -0.476. The summed E-state index contributed by atoms with van der Waals surface area (Å²) in [7, 11) is -2.59. The molecule has 0 spiro atoms. The Morgan fingerprint density at radius 3 is 1.95 bits per heavy atom. The van der Waals surface area contributed by atoms with Gasteiger partial charge in [0.15, 0.2) is 0 Å². The van der Waals surface area contributed by atoms with E-state index >= 15 is 0 Å². The normalized spacial score (nSPS) is 10.7. The maximum absolute atomic E-state index is 10.9. The third-order valence-corrected chi connectivity index (χ3v) is 5.28. The van der Waals surface area contributed by atoms with Crippen molar-refractivity contribution in [3.05, 3.63) is 12.7 Å². The minimum absolute atomic E-state index is 0. The van der Waals surface area contributed by atoms with Gasteiger partial charge in [0.2, 0.25) is 0 Å². The Labute approximate surface area is 121 Å². The molecule has 0 saturated carbocycles. The van der Waals surface area contributed by atoms with Crippen LogP contribution in [-0.4, -0.2) is 52.2 Å². The fraction of sp³-hybridized carbons (Fsp3) is 0.750. The molecule has 0 bridgehead atoms. The first-order valence-corrected chi connectivity index (χ1v) is 8.28. The molecule has 0 aromatic rings. The van der Waals surface area contributed by atoms with Crippen LogP contribution in [0.1, 0.15) is 27.2 Å². The molecule has 0 N–H and O–H groups in total. The average molecular weight is 309 g/mol. The van der Waals surface area contributed by atoms with Crippen molar-refractivity contribution in [3.8, 4) is 0 Å². The summed E-state index contributed by atoms with van der Waals surface area (Å²) in [5, 5.41) is 0. The lowest BCUT2D eigenvalue weighted by molar-refractivity contribution is -0.137. The van der Waals surface area contributed by atoms with E-state index in [1.807, 2.05) is 20.8 Å². The predicted molar refractivity (Wildman–Crippen MR) is 82.5 cm³/mol. The van der Waals surface area contributed by atoms with Gasteiger partial charge in [-0.3, -0.25) is 0 Å². The smallest absolute Gasteiger partial charge is 0.463 e. The first-order valence-electron chi connectivity index (χ1n) is 6.35. The largest absolute Gasteiger partial charge is 0.501 e. The molecule has 0 unspecified atom stereocenters. The van der Waals surface area contributed by atoms with Crippen molar-refractivity contribution < 1.29 is 22.8 Å². The van der Waals surface area contributed by atoms with Crippen LogP contribution in [0.3, 0.4) is 0 Å². The fourth-order valence-corrected chi connectivity index (χ4v) is 4.10. The molecule has 0 aliphatic rings. The van der Waals surface area contributed by atoms with Gasteiger partial charge in [0.1, 0.15) is 0 Å². The van der Waals surface area contributed by atoms with Gasteiger partial charge in [0.25, 0.3) is 0 Å². The van der Waals surface area contributed by atoms with Gasteiger partial charge in [0.05, 0.1) is 6.61 Å². The Morgan fingerprint density at radius 2 is 1.58 bits per heavy atom. The van der Waals surface area contributed by atoms with Gasteiger partial charge in [-0.25, -0.2) is 4.79 Å². The van der Waals surface area contributed by atoms with E-state index in [-0.39, 0.29) is 11.0 Å². The van der Waals surface area contributed by atoms with Gasteiger partial charge < -0.3 is 18.0 Å². The predicted octanol–water partition coefficient (Wildman–Crippen LogP) is 0.702. The summed E-state index contributed by atoms with van der Waals surface area (Å²) < 4.78 is 22.0. The summed E-state index contributed by atoms with van der Waals surface area (Å²) in [6.45, 7) is 11.1. The number of hydrogen-bond acceptors (Lipinski definition) is 5. The molecular formula is C12H28O5Si2. The van der Waals surface area contributed by atoms with E-state index in [4.69, 9.17) is 18.0 Å². The molecule has 0 rings (SSSR count). The minimum atomic E-state index is -2.59. The van der Waals surface area contributed by atoms with Crippen LogP contribution in [0.15, 0.2) is 12.7 Å². The van der Waals surface area contributed by atoms with Crippen LogP contribution in [0.2, 0.25) is 6.04 Å². The van der Waals surface area contributed by atoms with Crippen molar-refractivity contribution in [1.82, 2.24) is 0 Å². The molecule has 0 aromatic carbocycles. The van der Waals surface area contributed by atoms with Crippen LogP contribution in [0.25, 0.3) is 0 Å². The molecular weight excluding hydrogens is 280 g/mol. The van der Waals surface area contributed by atoms with Crippen LogP contribution in [0, 0.1) is 0 Å². The lowest BCUT2D eigenvalue weighted by Gasteiger charge is -2.28. The second-order valence-electron chi connectivity index (χ2n) is 3.46.